The third-order valence-electron chi connectivity index (χ3n) is 5.47. The molecule has 0 saturated heterocycles. The Hall–Kier alpha value is -3.44. The first-order valence-corrected chi connectivity index (χ1v) is 9.66. The van der Waals surface area contributed by atoms with E-state index in [0.29, 0.717) is 5.56 Å². The summed E-state index contributed by atoms with van der Waals surface area (Å²) in [5.74, 6) is 0.479. The van der Waals surface area contributed by atoms with Crippen LogP contribution in [0, 0.1) is 0 Å². The average Bonchev–Trinajstić information content (AvgIpc) is 3.34. The third kappa shape index (κ3) is 3.19. The minimum Gasteiger partial charge on any atom is -0.465 e. The van der Waals surface area contributed by atoms with Crippen molar-refractivity contribution in [3.63, 3.8) is 0 Å². The number of carbonyl (C=O) groups excluding carboxylic acids is 1. The van der Waals surface area contributed by atoms with E-state index < -0.39 is 0 Å². The van der Waals surface area contributed by atoms with E-state index in [1.54, 1.807) is 0 Å². The van der Waals surface area contributed by atoms with Crippen LogP contribution in [-0.4, -0.2) is 27.5 Å². The van der Waals surface area contributed by atoms with Crippen LogP contribution in [0.15, 0.2) is 73.1 Å². The molecule has 0 bridgehead atoms. The second-order valence-corrected chi connectivity index (χ2v) is 7.36. The van der Waals surface area contributed by atoms with Gasteiger partial charge in [0.2, 0.25) is 0 Å². The maximum Gasteiger partial charge on any atom is 0.340 e. The van der Waals surface area contributed by atoms with Gasteiger partial charge in [0.25, 0.3) is 0 Å². The van der Waals surface area contributed by atoms with Crippen LogP contribution in [0.2, 0.25) is 0 Å². The summed E-state index contributed by atoms with van der Waals surface area (Å²) in [6, 6.07) is 20.5. The number of methoxy groups -OCH3 is 1. The number of hydrogen-bond acceptors (Lipinski definition) is 4. The van der Waals surface area contributed by atoms with Crippen LogP contribution in [0.25, 0.3) is 16.7 Å². The standard InChI is InChI=1S/C24H21N3O2/c1-29-24(28)21-16-27(22-10-6-5-9-20(21)22)23-11-18-14-26(15-19(18)12-25-23)13-17-7-3-2-4-8-17/h2-12,16H,13-15H2,1H3. The molecule has 2 aromatic carbocycles. The van der Waals surface area contributed by atoms with Crippen LogP contribution in [0.1, 0.15) is 27.0 Å². The molecule has 5 rings (SSSR count). The van der Waals surface area contributed by atoms with E-state index in [2.05, 4.69) is 35.2 Å². The van der Waals surface area contributed by atoms with E-state index >= 15 is 0 Å². The molecule has 0 saturated carbocycles. The molecule has 3 heterocycles. The number of nitrogens with zero attached hydrogens (tertiary/aromatic N) is 3. The maximum absolute atomic E-state index is 12.2. The molecule has 5 nitrogen and oxygen atoms in total. The molecular weight excluding hydrogens is 362 g/mol. The molecule has 0 fully saturated rings. The van der Waals surface area contributed by atoms with E-state index in [4.69, 9.17) is 9.72 Å². The fourth-order valence-corrected chi connectivity index (χ4v) is 4.07. The molecule has 0 radical (unpaired) electrons. The van der Waals surface area contributed by atoms with E-state index in [1.165, 1.54) is 23.8 Å². The van der Waals surface area contributed by atoms with Crippen molar-refractivity contribution in [1.29, 1.82) is 0 Å². The minimum atomic E-state index is -0.338. The third-order valence-corrected chi connectivity index (χ3v) is 5.47. The van der Waals surface area contributed by atoms with Gasteiger partial charge in [-0.2, -0.15) is 0 Å². The molecule has 4 aromatic rings. The zero-order valence-electron chi connectivity index (χ0n) is 16.2. The minimum absolute atomic E-state index is 0.338. The topological polar surface area (TPSA) is 47.4 Å². The largest absolute Gasteiger partial charge is 0.465 e. The number of rotatable bonds is 4. The van der Waals surface area contributed by atoms with Crippen molar-refractivity contribution < 1.29 is 9.53 Å². The van der Waals surface area contributed by atoms with Gasteiger partial charge < -0.3 is 9.30 Å². The maximum atomic E-state index is 12.2. The molecule has 2 aromatic heterocycles. The molecule has 0 atom stereocenters. The van der Waals surface area contributed by atoms with E-state index in [9.17, 15) is 4.79 Å². The van der Waals surface area contributed by atoms with E-state index in [-0.39, 0.29) is 5.97 Å². The Morgan fingerprint density at radius 2 is 1.79 bits per heavy atom. The highest BCUT2D eigenvalue weighted by Crippen LogP contribution is 2.29. The first kappa shape index (κ1) is 17.6. The lowest BCUT2D eigenvalue weighted by atomic mass is 10.2. The number of pyridine rings is 1. The lowest BCUT2D eigenvalue weighted by molar-refractivity contribution is 0.0603. The zero-order valence-corrected chi connectivity index (χ0v) is 16.2. The van der Waals surface area contributed by atoms with Gasteiger partial charge in [0.15, 0.2) is 0 Å². The number of carbonyl (C=O) groups is 1. The highest BCUT2D eigenvalue weighted by Gasteiger charge is 2.22. The van der Waals surface area contributed by atoms with Gasteiger partial charge in [-0.25, -0.2) is 9.78 Å². The van der Waals surface area contributed by atoms with Gasteiger partial charge >= 0.3 is 5.97 Å². The van der Waals surface area contributed by atoms with Crippen LogP contribution in [0.4, 0.5) is 0 Å². The van der Waals surface area contributed by atoms with Crippen LogP contribution in [0.3, 0.4) is 0 Å². The van der Waals surface area contributed by atoms with Gasteiger partial charge in [0, 0.05) is 37.4 Å². The lowest BCUT2D eigenvalue weighted by Gasteiger charge is -2.14. The Morgan fingerprint density at radius 1 is 1.03 bits per heavy atom. The number of benzene rings is 2. The number of ether oxygens (including phenoxy) is 1. The Bertz CT molecular complexity index is 1200. The molecule has 144 valence electrons. The molecule has 1 aliphatic heterocycles. The molecule has 29 heavy (non-hydrogen) atoms. The molecule has 0 amide bonds. The van der Waals surface area contributed by atoms with Crippen molar-refractivity contribution in [2.45, 2.75) is 19.6 Å². The van der Waals surface area contributed by atoms with Crippen molar-refractivity contribution in [2.24, 2.45) is 0 Å². The highest BCUT2D eigenvalue weighted by atomic mass is 16.5. The Balaban J connectivity index is 1.48. The molecule has 0 unspecified atom stereocenters. The van der Waals surface area contributed by atoms with Crippen molar-refractivity contribution in [3.05, 3.63) is 95.3 Å². The van der Waals surface area contributed by atoms with Crippen LogP contribution in [0.5, 0.6) is 0 Å². The molecule has 1 aliphatic rings. The van der Waals surface area contributed by atoms with Crippen molar-refractivity contribution >= 4 is 16.9 Å². The predicted octanol–water partition coefficient (Wildman–Crippen LogP) is 4.33. The average molecular weight is 383 g/mol. The Labute approximate surface area is 169 Å². The van der Waals surface area contributed by atoms with Gasteiger partial charge in [-0.15, -0.1) is 0 Å². The monoisotopic (exact) mass is 383 g/mol. The normalized spacial score (nSPS) is 13.6. The number of aromatic nitrogens is 2. The molecular formula is C24H21N3O2. The van der Waals surface area contributed by atoms with E-state index in [0.717, 1.165) is 36.4 Å². The summed E-state index contributed by atoms with van der Waals surface area (Å²) >= 11 is 0. The van der Waals surface area contributed by atoms with Gasteiger partial charge in [0.05, 0.1) is 18.2 Å². The summed E-state index contributed by atoms with van der Waals surface area (Å²) in [7, 11) is 1.41. The fraction of sp³-hybridized carbons (Fsp3) is 0.167. The predicted molar refractivity (Wildman–Crippen MR) is 112 cm³/mol. The summed E-state index contributed by atoms with van der Waals surface area (Å²) in [5.41, 5.74) is 5.35. The van der Waals surface area contributed by atoms with Crippen molar-refractivity contribution in [1.82, 2.24) is 14.5 Å². The van der Waals surface area contributed by atoms with Crippen LogP contribution < -0.4 is 0 Å². The summed E-state index contributed by atoms with van der Waals surface area (Å²) in [4.78, 5) is 19.3. The zero-order chi connectivity index (χ0) is 19.8. The molecule has 5 heteroatoms. The summed E-state index contributed by atoms with van der Waals surface area (Å²) in [6.07, 6.45) is 3.78. The van der Waals surface area contributed by atoms with Gasteiger partial charge in [-0.3, -0.25) is 4.90 Å². The van der Waals surface area contributed by atoms with Crippen molar-refractivity contribution in [2.75, 3.05) is 7.11 Å². The fourth-order valence-electron chi connectivity index (χ4n) is 4.07. The number of hydrogen-bond donors (Lipinski definition) is 0. The lowest BCUT2D eigenvalue weighted by Crippen LogP contribution is -2.15. The Kier molecular flexibility index (Phi) is 4.37. The second kappa shape index (κ2) is 7.18. The first-order valence-electron chi connectivity index (χ1n) is 9.66. The van der Waals surface area contributed by atoms with E-state index in [1.807, 2.05) is 47.3 Å². The summed E-state index contributed by atoms with van der Waals surface area (Å²) in [5, 5.41) is 0.868. The quantitative estimate of drug-likeness (QED) is 0.492. The smallest absolute Gasteiger partial charge is 0.340 e. The van der Waals surface area contributed by atoms with Crippen molar-refractivity contribution in [3.8, 4) is 5.82 Å². The first-order chi connectivity index (χ1) is 14.2. The van der Waals surface area contributed by atoms with Crippen LogP contribution in [-0.2, 0) is 24.4 Å². The van der Waals surface area contributed by atoms with Gasteiger partial charge in [-0.05, 0) is 28.8 Å². The van der Waals surface area contributed by atoms with Gasteiger partial charge in [0.1, 0.15) is 5.82 Å². The molecule has 0 N–H and O–H groups in total. The second-order valence-electron chi connectivity index (χ2n) is 7.36. The number of para-hydroxylation sites is 1. The highest BCUT2D eigenvalue weighted by molar-refractivity contribution is 6.04. The molecule has 0 aliphatic carbocycles. The summed E-state index contributed by atoms with van der Waals surface area (Å²) in [6.45, 7) is 2.71. The number of esters is 1. The Morgan fingerprint density at radius 3 is 2.62 bits per heavy atom. The number of fused-ring (bicyclic) bond motifs is 2. The van der Waals surface area contributed by atoms with Gasteiger partial charge in [-0.1, -0.05) is 48.5 Å². The summed E-state index contributed by atoms with van der Waals surface area (Å²) < 4.78 is 6.93. The van der Waals surface area contributed by atoms with Crippen LogP contribution >= 0.6 is 0 Å². The molecule has 0 spiro atoms. The SMILES string of the molecule is COC(=O)c1cn(-c2cc3c(cn2)CN(Cc2ccccc2)C3)c2ccccc12.